The van der Waals surface area contributed by atoms with Crippen molar-refractivity contribution in [1.82, 2.24) is 0 Å². The third-order valence-electron chi connectivity index (χ3n) is 6.10. The van der Waals surface area contributed by atoms with E-state index in [1.54, 1.807) is 0 Å². The molecule has 2 rings (SSSR count). The third kappa shape index (κ3) is 3.73. The summed E-state index contributed by atoms with van der Waals surface area (Å²) in [7, 11) is 0. The van der Waals surface area contributed by atoms with E-state index in [1.807, 2.05) is 0 Å². The monoisotopic (exact) mass is 238 g/mol. The van der Waals surface area contributed by atoms with Crippen molar-refractivity contribution in [1.29, 1.82) is 0 Å². The van der Waals surface area contributed by atoms with Crippen LogP contribution in [0.15, 0.2) is 0 Å². The number of rotatable bonds is 0. The van der Waals surface area contributed by atoms with E-state index in [9.17, 15) is 0 Å². The van der Waals surface area contributed by atoms with Crippen LogP contribution in [0, 0.1) is 35.0 Å². The Hall–Kier alpha value is 0. The lowest BCUT2D eigenvalue weighted by atomic mass is 9.92. The molecule has 102 valence electrons. The molecule has 0 radical (unpaired) electrons. The van der Waals surface area contributed by atoms with Crippen molar-refractivity contribution in [2.45, 2.75) is 74.1 Å². The maximum absolute atomic E-state index is 2.40. The minimum absolute atomic E-state index is 0.694. The second kappa shape index (κ2) is 5.76. The predicted molar refractivity (Wildman–Crippen MR) is 78.1 cm³/mol. The normalized spacial score (nSPS) is 44.3. The van der Waals surface area contributed by atoms with Gasteiger partial charge in [0, 0.05) is 0 Å². The van der Waals surface area contributed by atoms with Crippen LogP contribution in [0.3, 0.4) is 0 Å². The SMILES string of the molecule is CC1(C)CCCC1.CC1C(C)C(C)C(C)C1C. The summed E-state index contributed by atoms with van der Waals surface area (Å²) in [6.07, 6.45) is 5.83. The molecular formula is C17H34. The zero-order chi connectivity index (χ0) is 13.2. The highest BCUT2D eigenvalue weighted by molar-refractivity contribution is 4.86. The Labute approximate surface area is 110 Å². The molecule has 0 aromatic heterocycles. The molecule has 0 aromatic rings. The predicted octanol–water partition coefficient (Wildman–Crippen LogP) is 5.77. The molecular weight excluding hydrogens is 204 g/mol. The Balaban J connectivity index is 0.000000181. The summed E-state index contributed by atoms with van der Waals surface area (Å²) in [4.78, 5) is 0. The fourth-order valence-electron chi connectivity index (χ4n) is 3.73. The summed E-state index contributed by atoms with van der Waals surface area (Å²) in [6, 6.07) is 0. The van der Waals surface area contributed by atoms with Crippen molar-refractivity contribution < 1.29 is 0 Å². The molecule has 2 saturated carbocycles. The minimum atomic E-state index is 0.694. The lowest BCUT2D eigenvalue weighted by Crippen LogP contribution is -2.07. The number of hydrogen-bond donors (Lipinski definition) is 0. The summed E-state index contributed by atoms with van der Waals surface area (Å²) in [5.41, 5.74) is 0.694. The molecule has 0 bridgehead atoms. The maximum atomic E-state index is 2.40. The smallest absolute Gasteiger partial charge is 0.0354 e. The fraction of sp³-hybridized carbons (Fsp3) is 1.00. The fourth-order valence-corrected chi connectivity index (χ4v) is 3.73. The first-order valence-electron chi connectivity index (χ1n) is 7.76. The second-order valence-electron chi connectivity index (χ2n) is 7.67. The van der Waals surface area contributed by atoms with Gasteiger partial charge in [-0.05, 0) is 47.8 Å². The van der Waals surface area contributed by atoms with Gasteiger partial charge in [0.2, 0.25) is 0 Å². The molecule has 0 aliphatic heterocycles. The number of hydrogen-bond acceptors (Lipinski definition) is 0. The first-order valence-corrected chi connectivity index (χ1v) is 7.76. The van der Waals surface area contributed by atoms with Crippen LogP contribution < -0.4 is 0 Å². The molecule has 0 heterocycles. The van der Waals surface area contributed by atoms with Gasteiger partial charge in [-0.25, -0.2) is 0 Å². The van der Waals surface area contributed by atoms with Crippen LogP contribution >= 0.6 is 0 Å². The van der Waals surface area contributed by atoms with Gasteiger partial charge in [0.15, 0.2) is 0 Å². The summed E-state index contributed by atoms with van der Waals surface area (Å²) in [6.45, 7) is 16.7. The van der Waals surface area contributed by atoms with E-state index in [-0.39, 0.29) is 0 Å². The van der Waals surface area contributed by atoms with Gasteiger partial charge in [0.05, 0.1) is 0 Å². The Morgan fingerprint density at radius 1 is 0.588 bits per heavy atom. The van der Waals surface area contributed by atoms with Gasteiger partial charge in [-0.3, -0.25) is 0 Å². The van der Waals surface area contributed by atoms with Crippen LogP contribution in [-0.4, -0.2) is 0 Å². The average Bonchev–Trinajstić information content (AvgIpc) is 2.74. The summed E-state index contributed by atoms with van der Waals surface area (Å²) in [5, 5.41) is 0. The van der Waals surface area contributed by atoms with Crippen LogP contribution in [0.25, 0.3) is 0 Å². The minimum Gasteiger partial charge on any atom is -0.0620 e. The van der Waals surface area contributed by atoms with E-state index in [4.69, 9.17) is 0 Å². The molecule has 0 spiro atoms. The molecule has 2 aliphatic carbocycles. The van der Waals surface area contributed by atoms with Gasteiger partial charge in [0.1, 0.15) is 0 Å². The van der Waals surface area contributed by atoms with E-state index < -0.39 is 0 Å². The van der Waals surface area contributed by atoms with E-state index >= 15 is 0 Å². The van der Waals surface area contributed by atoms with E-state index in [0.29, 0.717) is 5.41 Å². The highest BCUT2D eigenvalue weighted by Gasteiger charge is 2.38. The zero-order valence-electron chi connectivity index (χ0n) is 13.2. The highest BCUT2D eigenvalue weighted by atomic mass is 14.4. The van der Waals surface area contributed by atoms with Gasteiger partial charge in [-0.2, -0.15) is 0 Å². The Kier molecular flexibility index (Phi) is 5.10. The molecule has 0 amide bonds. The zero-order valence-corrected chi connectivity index (χ0v) is 13.2. The van der Waals surface area contributed by atoms with Crippen LogP contribution in [0.2, 0.25) is 0 Å². The lowest BCUT2D eigenvalue weighted by Gasteiger charge is -2.14. The van der Waals surface area contributed by atoms with Crippen molar-refractivity contribution in [3.8, 4) is 0 Å². The van der Waals surface area contributed by atoms with Gasteiger partial charge in [0.25, 0.3) is 0 Å². The van der Waals surface area contributed by atoms with Gasteiger partial charge in [-0.15, -0.1) is 0 Å². The van der Waals surface area contributed by atoms with E-state index in [2.05, 4.69) is 48.5 Å². The molecule has 0 atom stereocenters. The standard InChI is InChI=1S/C10H20.C7H14/c1-6-7(2)9(4)10(5)8(6)3;1-7(2)5-3-4-6-7/h6-10H,1-5H3;3-6H2,1-2H3. The Morgan fingerprint density at radius 2 is 0.824 bits per heavy atom. The Bertz CT molecular complexity index is 175. The van der Waals surface area contributed by atoms with Crippen molar-refractivity contribution in [3.63, 3.8) is 0 Å². The first kappa shape index (κ1) is 15.1. The van der Waals surface area contributed by atoms with Crippen molar-refractivity contribution in [2.75, 3.05) is 0 Å². The summed E-state index contributed by atoms with van der Waals surface area (Å²) >= 11 is 0. The van der Waals surface area contributed by atoms with E-state index in [0.717, 1.165) is 29.6 Å². The topological polar surface area (TPSA) is 0 Å². The van der Waals surface area contributed by atoms with Gasteiger partial charge >= 0.3 is 0 Å². The molecule has 0 heteroatoms. The summed E-state index contributed by atoms with van der Waals surface area (Å²) < 4.78 is 0. The van der Waals surface area contributed by atoms with Crippen molar-refractivity contribution in [3.05, 3.63) is 0 Å². The van der Waals surface area contributed by atoms with Crippen molar-refractivity contribution in [2.24, 2.45) is 35.0 Å². The molecule has 0 unspecified atom stereocenters. The van der Waals surface area contributed by atoms with Gasteiger partial charge in [-0.1, -0.05) is 61.3 Å². The molecule has 17 heavy (non-hydrogen) atoms. The average molecular weight is 238 g/mol. The largest absolute Gasteiger partial charge is 0.0620 e. The molecule has 2 fully saturated rings. The molecule has 0 aromatic carbocycles. The van der Waals surface area contributed by atoms with Gasteiger partial charge < -0.3 is 0 Å². The molecule has 0 N–H and O–H groups in total. The Morgan fingerprint density at radius 3 is 0.941 bits per heavy atom. The maximum Gasteiger partial charge on any atom is -0.0354 e. The molecule has 2 aliphatic rings. The first-order chi connectivity index (χ1) is 7.76. The molecule has 0 nitrogen and oxygen atoms in total. The molecule has 0 saturated heterocycles. The quantitative estimate of drug-likeness (QED) is 0.503. The van der Waals surface area contributed by atoms with Crippen LogP contribution in [0.4, 0.5) is 0 Å². The van der Waals surface area contributed by atoms with Crippen LogP contribution in [0.5, 0.6) is 0 Å². The van der Waals surface area contributed by atoms with Crippen LogP contribution in [-0.2, 0) is 0 Å². The highest BCUT2D eigenvalue weighted by Crippen LogP contribution is 2.44. The van der Waals surface area contributed by atoms with E-state index in [1.165, 1.54) is 25.7 Å². The lowest BCUT2D eigenvalue weighted by molar-refractivity contribution is 0.352. The summed E-state index contributed by atoms with van der Waals surface area (Å²) in [5.74, 6) is 4.68. The van der Waals surface area contributed by atoms with Crippen LogP contribution in [0.1, 0.15) is 74.1 Å². The van der Waals surface area contributed by atoms with Crippen molar-refractivity contribution >= 4 is 0 Å². The third-order valence-corrected chi connectivity index (χ3v) is 6.10. The second-order valence-corrected chi connectivity index (χ2v) is 7.67.